The number of rotatable bonds is 3. The first-order valence-electron chi connectivity index (χ1n) is 8.41. The van der Waals surface area contributed by atoms with Gasteiger partial charge in [-0.1, -0.05) is 23.7 Å². The molecule has 0 bridgehead atoms. The van der Waals surface area contributed by atoms with E-state index in [-0.39, 0.29) is 11.9 Å². The van der Waals surface area contributed by atoms with Crippen molar-refractivity contribution in [3.8, 4) is 5.75 Å². The molecule has 0 fully saturated rings. The first-order valence-corrected chi connectivity index (χ1v) is 8.79. The third-order valence-electron chi connectivity index (χ3n) is 4.84. The molecule has 5 heteroatoms. The lowest BCUT2D eigenvalue weighted by Crippen LogP contribution is -2.31. The van der Waals surface area contributed by atoms with E-state index in [9.17, 15) is 4.79 Å². The van der Waals surface area contributed by atoms with Gasteiger partial charge in [-0.3, -0.25) is 4.79 Å². The molecule has 1 atom stereocenters. The number of aromatic nitrogens is 1. The number of ether oxygens (including phenoxy) is 1. The van der Waals surface area contributed by atoms with E-state index in [0.717, 1.165) is 36.2 Å². The molecule has 2 N–H and O–H groups in total. The highest BCUT2D eigenvalue weighted by atomic mass is 35.5. The number of amides is 1. The molecule has 0 saturated carbocycles. The Balaban J connectivity index is 1.68. The zero-order valence-corrected chi connectivity index (χ0v) is 14.7. The summed E-state index contributed by atoms with van der Waals surface area (Å²) in [6.07, 6.45) is 2.94. The quantitative estimate of drug-likeness (QED) is 0.720. The molecule has 1 heterocycles. The Kier molecular flexibility index (Phi) is 4.14. The van der Waals surface area contributed by atoms with Crippen LogP contribution >= 0.6 is 11.6 Å². The highest BCUT2D eigenvalue weighted by molar-refractivity contribution is 6.33. The van der Waals surface area contributed by atoms with Crippen LogP contribution in [-0.2, 0) is 6.42 Å². The summed E-state index contributed by atoms with van der Waals surface area (Å²) in [5, 5.41) is 4.78. The molecule has 3 aromatic rings. The van der Waals surface area contributed by atoms with E-state index in [1.54, 1.807) is 19.2 Å². The van der Waals surface area contributed by atoms with E-state index < -0.39 is 0 Å². The lowest BCUT2D eigenvalue weighted by atomic mass is 9.91. The summed E-state index contributed by atoms with van der Waals surface area (Å²) in [4.78, 5) is 16.1. The largest absolute Gasteiger partial charge is 0.497 e. The molecular weight excluding hydrogens is 336 g/mol. The maximum Gasteiger partial charge on any atom is 0.253 e. The van der Waals surface area contributed by atoms with Crippen LogP contribution in [0, 0.1) is 0 Å². The molecule has 4 rings (SSSR count). The van der Waals surface area contributed by atoms with E-state index in [1.807, 2.05) is 24.3 Å². The standard InChI is InChI=1S/C20H19ClN2O2/c1-25-12-9-10-17-15(11-12)13-6-4-8-18(19(13)22-17)23-20(24)14-5-2-3-7-16(14)21/h2-3,5,7,9-11,18,22H,4,6,8H2,1H3,(H,23,24)/t18-/m0/s1. The minimum atomic E-state index is -0.139. The van der Waals surface area contributed by atoms with E-state index in [1.165, 1.54) is 10.9 Å². The first-order chi connectivity index (χ1) is 12.2. The molecule has 128 valence electrons. The molecule has 0 aliphatic heterocycles. The van der Waals surface area contributed by atoms with Gasteiger partial charge in [-0.2, -0.15) is 0 Å². The molecule has 2 aromatic carbocycles. The van der Waals surface area contributed by atoms with E-state index in [2.05, 4.69) is 16.4 Å². The average molecular weight is 355 g/mol. The van der Waals surface area contributed by atoms with Crippen molar-refractivity contribution < 1.29 is 9.53 Å². The van der Waals surface area contributed by atoms with Gasteiger partial charge in [-0.15, -0.1) is 0 Å². The number of carbonyl (C=O) groups excluding carboxylic acids is 1. The van der Waals surface area contributed by atoms with E-state index in [0.29, 0.717) is 10.6 Å². The van der Waals surface area contributed by atoms with Gasteiger partial charge in [0.25, 0.3) is 5.91 Å². The van der Waals surface area contributed by atoms with E-state index in [4.69, 9.17) is 16.3 Å². The number of aryl methyl sites for hydroxylation is 1. The van der Waals surface area contributed by atoms with E-state index >= 15 is 0 Å². The van der Waals surface area contributed by atoms with Crippen molar-refractivity contribution in [2.75, 3.05) is 7.11 Å². The molecule has 4 nitrogen and oxygen atoms in total. The molecule has 1 aliphatic carbocycles. The SMILES string of the molecule is COc1ccc2[nH]c3c(c2c1)CCC[C@@H]3NC(=O)c1ccccc1Cl. The summed E-state index contributed by atoms with van der Waals surface area (Å²) in [6, 6.07) is 13.1. The van der Waals surface area contributed by atoms with Crippen LogP contribution in [0.2, 0.25) is 5.02 Å². The summed E-state index contributed by atoms with van der Waals surface area (Å²) < 4.78 is 5.35. The number of aromatic amines is 1. The summed E-state index contributed by atoms with van der Waals surface area (Å²) in [7, 11) is 1.67. The zero-order valence-electron chi connectivity index (χ0n) is 13.9. The van der Waals surface area contributed by atoms with Crippen molar-refractivity contribution in [2.45, 2.75) is 25.3 Å². The predicted octanol–water partition coefficient (Wildman–Crippen LogP) is 4.64. The number of H-pyrrole nitrogens is 1. The Morgan fingerprint density at radius 1 is 1.28 bits per heavy atom. The lowest BCUT2D eigenvalue weighted by molar-refractivity contribution is 0.0932. The van der Waals surface area contributed by atoms with Crippen molar-refractivity contribution in [1.82, 2.24) is 10.3 Å². The Morgan fingerprint density at radius 2 is 2.12 bits per heavy atom. The molecule has 0 saturated heterocycles. The number of hydrogen-bond acceptors (Lipinski definition) is 2. The molecule has 25 heavy (non-hydrogen) atoms. The molecular formula is C20H19ClN2O2. The second-order valence-electron chi connectivity index (χ2n) is 6.33. The second-order valence-corrected chi connectivity index (χ2v) is 6.73. The van der Waals surface area contributed by atoms with Crippen LogP contribution in [0.25, 0.3) is 10.9 Å². The minimum Gasteiger partial charge on any atom is -0.497 e. The monoisotopic (exact) mass is 354 g/mol. The van der Waals surface area contributed by atoms with Gasteiger partial charge < -0.3 is 15.0 Å². The Labute approximate surface area is 151 Å². The first kappa shape index (κ1) is 16.0. The summed E-state index contributed by atoms with van der Waals surface area (Å²) in [6.45, 7) is 0. The third kappa shape index (κ3) is 2.87. The van der Waals surface area contributed by atoms with Crippen LogP contribution in [0.4, 0.5) is 0 Å². The minimum absolute atomic E-state index is 0.0362. The molecule has 1 aromatic heterocycles. The number of fused-ring (bicyclic) bond motifs is 3. The Hall–Kier alpha value is -2.46. The van der Waals surface area contributed by atoms with Crippen LogP contribution in [0.3, 0.4) is 0 Å². The third-order valence-corrected chi connectivity index (χ3v) is 5.17. The van der Waals surface area contributed by atoms with Gasteiger partial charge in [0.15, 0.2) is 0 Å². The molecule has 1 aliphatic rings. The Bertz CT molecular complexity index is 948. The molecule has 0 spiro atoms. The van der Waals surface area contributed by atoms with Crippen LogP contribution < -0.4 is 10.1 Å². The van der Waals surface area contributed by atoms with Gasteiger partial charge in [-0.25, -0.2) is 0 Å². The number of methoxy groups -OCH3 is 1. The summed E-state index contributed by atoms with van der Waals surface area (Å²) >= 11 is 6.15. The number of halogens is 1. The second kappa shape index (κ2) is 6.45. The van der Waals surface area contributed by atoms with Crippen LogP contribution in [-0.4, -0.2) is 18.0 Å². The lowest BCUT2D eigenvalue weighted by Gasteiger charge is -2.24. The number of benzene rings is 2. The normalized spacial score (nSPS) is 16.5. The van der Waals surface area contributed by atoms with Gasteiger partial charge in [0.1, 0.15) is 5.75 Å². The fourth-order valence-electron chi connectivity index (χ4n) is 3.59. The molecule has 0 radical (unpaired) electrons. The topological polar surface area (TPSA) is 54.1 Å². The molecule has 0 unspecified atom stereocenters. The van der Waals surface area contributed by atoms with Gasteiger partial charge in [0.2, 0.25) is 0 Å². The van der Waals surface area contributed by atoms with Gasteiger partial charge >= 0.3 is 0 Å². The number of nitrogens with one attached hydrogen (secondary N) is 2. The summed E-state index contributed by atoms with van der Waals surface area (Å²) in [5.74, 6) is 0.705. The molecule has 1 amide bonds. The maximum atomic E-state index is 12.6. The predicted molar refractivity (Wildman–Crippen MR) is 99.4 cm³/mol. The Morgan fingerprint density at radius 3 is 2.92 bits per heavy atom. The van der Waals surface area contributed by atoms with Crippen LogP contribution in [0.15, 0.2) is 42.5 Å². The van der Waals surface area contributed by atoms with Crippen molar-refractivity contribution in [3.05, 3.63) is 64.3 Å². The maximum absolute atomic E-state index is 12.6. The van der Waals surface area contributed by atoms with Crippen molar-refractivity contribution >= 4 is 28.4 Å². The fraction of sp³-hybridized carbons (Fsp3) is 0.250. The number of carbonyl (C=O) groups is 1. The van der Waals surface area contributed by atoms with Crippen molar-refractivity contribution in [2.24, 2.45) is 0 Å². The van der Waals surface area contributed by atoms with Crippen LogP contribution in [0.5, 0.6) is 5.75 Å². The van der Waals surface area contributed by atoms with Gasteiger partial charge in [-0.05, 0) is 55.2 Å². The van der Waals surface area contributed by atoms with Crippen LogP contribution in [0.1, 0.15) is 40.5 Å². The number of hydrogen-bond donors (Lipinski definition) is 2. The smallest absolute Gasteiger partial charge is 0.253 e. The van der Waals surface area contributed by atoms with Gasteiger partial charge in [0, 0.05) is 16.6 Å². The van der Waals surface area contributed by atoms with Crippen molar-refractivity contribution in [3.63, 3.8) is 0 Å². The fourth-order valence-corrected chi connectivity index (χ4v) is 3.82. The van der Waals surface area contributed by atoms with Gasteiger partial charge in [0.05, 0.1) is 23.7 Å². The zero-order chi connectivity index (χ0) is 17.4. The summed E-state index contributed by atoms with van der Waals surface area (Å²) in [5.41, 5.74) is 3.94. The van der Waals surface area contributed by atoms with Crippen molar-refractivity contribution in [1.29, 1.82) is 0 Å². The highest BCUT2D eigenvalue weighted by Gasteiger charge is 2.26. The average Bonchev–Trinajstić information content (AvgIpc) is 3.01. The highest BCUT2D eigenvalue weighted by Crippen LogP contribution is 2.36.